The molecular formula is C15H26ClN3. The smallest absolute Gasteiger partial charge is 0.0834 e. The lowest BCUT2D eigenvalue weighted by atomic mass is 9.65. The maximum Gasteiger partial charge on any atom is 0.0834 e. The largest absolute Gasteiger partial charge is 0.311 e. The molecule has 0 spiro atoms. The summed E-state index contributed by atoms with van der Waals surface area (Å²) >= 11 is 6.39. The van der Waals surface area contributed by atoms with E-state index in [2.05, 4.69) is 31.2 Å². The van der Waals surface area contributed by atoms with E-state index >= 15 is 0 Å². The summed E-state index contributed by atoms with van der Waals surface area (Å²) in [5.41, 5.74) is 1.52. The van der Waals surface area contributed by atoms with E-state index in [1.807, 2.05) is 11.7 Å². The molecular weight excluding hydrogens is 258 g/mol. The Labute approximate surface area is 121 Å². The third-order valence-corrected chi connectivity index (χ3v) is 5.02. The second kappa shape index (κ2) is 5.84. The van der Waals surface area contributed by atoms with E-state index in [1.165, 1.54) is 25.7 Å². The second-order valence-electron chi connectivity index (χ2n) is 6.30. The molecule has 19 heavy (non-hydrogen) atoms. The zero-order chi connectivity index (χ0) is 14.0. The first-order chi connectivity index (χ1) is 9.01. The molecule has 0 radical (unpaired) electrons. The zero-order valence-corrected chi connectivity index (χ0v) is 13.3. The molecule has 1 heterocycles. The quantitative estimate of drug-likeness (QED) is 0.904. The summed E-state index contributed by atoms with van der Waals surface area (Å²) in [5.74, 6) is 0.616. The molecule has 2 atom stereocenters. The van der Waals surface area contributed by atoms with E-state index < -0.39 is 0 Å². The molecule has 0 aromatic carbocycles. The van der Waals surface area contributed by atoms with Gasteiger partial charge in [-0.25, -0.2) is 0 Å². The highest BCUT2D eigenvalue weighted by Crippen LogP contribution is 2.47. The maximum atomic E-state index is 6.39. The van der Waals surface area contributed by atoms with E-state index in [0.29, 0.717) is 17.4 Å². The number of nitrogens with zero attached hydrogens (tertiary/aromatic N) is 2. The highest BCUT2D eigenvalue weighted by molar-refractivity contribution is 6.31. The molecule has 1 aromatic rings. The standard InChI is InChI=1S/C15H26ClN3/c1-5-19-14(12(16)10-18-19)13(17-4)11-8-6-7-9-15(11,2)3/h10-11,13,17H,5-9H2,1-4H3. The minimum Gasteiger partial charge on any atom is -0.311 e. The second-order valence-corrected chi connectivity index (χ2v) is 6.71. The van der Waals surface area contributed by atoms with Crippen molar-refractivity contribution in [1.82, 2.24) is 15.1 Å². The number of halogens is 1. The molecule has 1 aliphatic rings. The first-order valence-corrected chi connectivity index (χ1v) is 7.77. The average molecular weight is 284 g/mol. The van der Waals surface area contributed by atoms with E-state index in [9.17, 15) is 0 Å². The minimum absolute atomic E-state index is 0.297. The van der Waals surface area contributed by atoms with Gasteiger partial charge in [0.25, 0.3) is 0 Å². The summed E-state index contributed by atoms with van der Waals surface area (Å²) in [7, 11) is 2.04. The molecule has 3 nitrogen and oxygen atoms in total. The normalized spacial score (nSPS) is 24.4. The molecule has 2 rings (SSSR count). The van der Waals surface area contributed by atoms with Crippen molar-refractivity contribution in [3.05, 3.63) is 16.9 Å². The van der Waals surface area contributed by atoms with Crippen LogP contribution >= 0.6 is 11.6 Å². The lowest BCUT2D eigenvalue weighted by molar-refractivity contribution is 0.0979. The molecule has 1 N–H and O–H groups in total. The Morgan fingerprint density at radius 1 is 1.53 bits per heavy atom. The summed E-state index contributed by atoms with van der Waals surface area (Å²) in [6.07, 6.45) is 7.02. The number of nitrogens with one attached hydrogen (secondary N) is 1. The Hall–Kier alpha value is -0.540. The molecule has 2 unspecified atom stereocenters. The Bertz CT molecular complexity index is 425. The van der Waals surface area contributed by atoms with Crippen LogP contribution in [-0.4, -0.2) is 16.8 Å². The molecule has 1 fully saturated rings. The first-order valence-electron chi connectivity index (χ1n) is 7.39. The Balaban J connectivity index is 2.35. The first kappa shape index (κ1) is 14.9. The number of hydrogen-bond acceptors (Lipinski definition) is 2. The van der Waals surface area contributed by atoms with Crippen LogP contribution in [0.1, 0.15) is 58.2 Å². The van der Waals surface area contributed by atoms with Gasteiger partial charge in [-0.2, -0.15) is 5.10 Å². The van der Waals surface area contributed by atoms with Gasteiger partial charge in [0.2, 0.25) is 0 Å². The number of rotatable bonds is 4. The fourth-order valence-corrected chi connectivity index (χ4v) is 3.86. The number of aryl methyl sites for hydroxylation is 1. The van der Waals surface area contributed by atoms with Crippen LogP contribution in [0.4, 0.5) is 0 Å². The van der Waals surface area contributed by atoms with Crippen LogP contribution in [-0.2, 0) is 6.54 Å². The van der Waals surface area contributed by atoms with Gasteiger partial charge in [0.1, 0.15) is 0 Å². The number of aromatic nitrogens is 2. The fraction of sp³-hybridized carbons (Fsp3) is 0.800. The van der Waals surface area contributed by atoms with E-state index in [0.717, 1.165) is 17.3 Å². The monoisotopic (exact) mass is 283 g/mol. The van der Waals surface area contributed by atoms with Crippen molar-refractivity contribution in [3.8, 4) is 0 Å². The van der Waals surface area contributed by atoms with Gasteiger partial charge in [0.05, 0.1) is 23.0 Å². The minimum atomic E-state index is 0.297. The van der Waals surface area contributed by atoms with Crippen LogP contribution in [0.3, 0.4) is 0 Å². The summed E-state index contributed by atoms with van der Waals surface area (Å²) in [5, 5.41) is 8.68. The summed E-state index contributed by atoms with van der Waals surface area (Å²) < 4.78 is 2.04. The van der Waals surface area contributed by atoms with Crippen molar-refractivity contribution >= 4 is 11.6 Å². The third-order valence-electron chi connectivity index (χ3n) is 4.73. The molecule has 108 valence electrons. The molecule has 1 saturated carbocycles. The van der Waals surface area contributed by atoms with Crippen molar-refractivity contribution in [3.63, 3.8) is 0 Å². The lowest BCUT2D eigenvalue weighted by Crippen LogP contribution is -2.39. The molecule has 0 amide bonds. The summed E-state index contributed by atoms with van der Waals surface area (Å²) in [4.78, 5) is 0. The van der Waals surface area contributed by atoms with Gasteiger partial charge in [0, 0.05) is 6.54 Å². The Morgan fingerprint density at radius 3 is 2.84 bits per heavy atom. The SMILES string of the molecule is CCn1ncc(Cl)c1C(NC)C1CCCCC1(C)C. The van der Waals surface area contributed by atoms with Crippen LogP contribution in [0.25, 0.3) is 0 Å². The summed E-state index contributed by atoms with van der Waals surface area (Å²) in [6, 6.07) is 0.297. The lowest BCUT2D eigenvalue weighted by Gasteiger charge is -2.43. The molecule has 1 aliphatic carbocycles. The van der Waals surface area contributed by atoms with Crippen LogP contribution in [0.2, 0.25) is 5.02 Å². The zero-order valence-electron chi connectivity index (χ0n) is 12.5. The molecule has 4 heteroatoms. The molecule has 0 bridgehead atoms. The van der Waals surface area contributed by atoms with Crippen molar-refractivity contribution in [2.45, 2.75) is 59.0 Å². The third kappa shape index (κ3) is 2.82. The van der Waals surface area contributed by atoms with Crippen molar-refractivity contribution in [2.75, 3.05) is 7.05 Å². The van der Waals surface area contributed by atoms with E-state index in [4.69, 9.17) is 11.6 Å². The summed E-state index contributed by atoms with van der Waals surface area (Å²) in [6.45, 7) is 7.77. The van der Waals surface area contributed by atoms with E-state index in [1.54, 1.807) is 6.20 Å². The topological polar surface area (TPSA) is 29.9 Å². The van der Waals surface area contributed by atoms with Gasteiger partial charge in [-0.15, -0.1) is 0 Å². The van der Waals surface area contributed by atoms with Crippen LogP contribution < -0.4 is 5.32 Å². The van der Waals surface area contributed by atoms with Crippen molar-refractivity contribution < 1.29 is 0 Å². The van der Waals surface area contributed by atoms with Gasteiger partial charge in [0.15, 0.2) is 0 Å². The highest BCUT2D eigenvalue weighted by Gasteiger charge is 2.39. The van der Waals surface area contributed by atoms with Crippen LogP contribution in [0.5, 0.6) is 0 Å². The maximum absolute atomic E-state index is 6.39. The molecule has 0 aliphatic heterocycles. The number of hydrogen-bond donors (Lipinski definition) is 1. The van der Waals surface area contributed by atoms with Crippen LogP contribution in [0, 0.1) is 11.3 Å². The predicted octanol–water partition coefficient (Wildman–Crippen LogP) is 4.03. The molecule has 1 aromatic heterocycles. The van der Waals surface area contributed by atoms with Crippen molar-refractivity contribution in [1.29, 1.82) is 0 Å². The van der Waals surface area contributed by atoms with Crippen molar-refractivity contribution in [2.24, 2.45) is 11.3 Å². The van der Waals surface area contributed by atoms with Gasteiger partial charge in [-0.3, -0.25) is 4.68 Å². The average Bonchev–Trinajstić information content (AvgIpc) is 2.74. The van der Waals surface area contributed by atoms with Crippen LogP contribution in [0.15, 0.2) is 6.20 Å². The van der Waals surface area contributed by atoms with Gasteiger partial charge in [-0.05, 0) is 38.1 Å². The Morgan fingerprint density at radius 2 is 2.26 bits per heavy atom. The highest BCUT2D eigenvalue weighted by atomic mass is 35.5. The van der Waals surface area contributed by atoms with E-state index in [-0.39, 0.29) is 0 Å². The van der Waals surface area contributed by atoms with Gasteiger partial charge < -0.3 is 5.32 Å². The Kier molecular flexibility index (Phi) is 4.57. The van der Waals surface area contributed by atoms with Gasteiger partial charge >= 0.3 is 0 Å². The molecule has 0 saturated heterocycles. The predicted molar refractivity (Wildman–Crippen MR) is 80.5 cm³/mol. The van der Waals surface area contributed by atoms with Gasteiger partial charge in [-0.1, -0.05) is 38.3 Å². The fourth-order valence-electron chi connectivity index (χ4n) is 3.60.